The van der Waals surface area contributed by atoms with Crippen molar-refractivity contribution < 1.29 is 14.1 Å². The van der Waals surface area contributed by atoms with Crippen LogP contribution < -0.4 is 0 Å². The number of fused-ring (bicyclic) bond motifs is 1. The number of hydrogen-bond donors (Lipinski definition) is 0. The highest BCUT2D eigenvalue weighted by Crippen LogP contribution is 2.32. The van der Waals surface area contributed by atoms with Crippen LogP contribution in [0.4, 0.5) is 5.88 Å². The highest BCUT2D eigenvalue weighted by Gasteiger charge is 2.17. The van der Waals surface area contributed by atoms with E-state index < -0.39 is 4.92 Å². The van der Waals surface area contributed by atoms with Crippen molar-refractivity contribution in [2.24, 2.45) is 0 Å². The van der Waals surface area contributed by atoms with Crippen LogP contribution in [0.5, 0.6) is 0 Å². The summed E-state index contributed by atoms with van der Waals surface area (Å²) in [6.45, 7) is 1.42. The number of aromatic nitrogens is 1. The lowest BCUT2D eigenvalue weighted by Gasteiger charge is -2.05. The fourth-order valence-electron chi connectivity index (χ4n) is 2.13. The van der Waals surface area contributed by atoms with E-state index in [0.29, 0.717) is 22.5 Å². The second-order valence-electron chi connectivity index (χ2n) is 4.52. The number of carbonyl (C=O) groups is 1. The number of Topliss-reactive ketones (excluding diaryl/α,β-unsaturated/α-hetero) is 1. The monoisotopic (exact) mass is 282 g/mol. The van der Waals surface area contributed by atoms with Crippen LogP contribution >= 0.6 is 0 Å². The van der Waals surface area contributed by atoms with Gasteiger partial charge >= 0.3 is 5.88 Å². The molecule has 3 rings (SSSR count). The van der Waals surface area contributed by atoms with Crippen LogP contribution in [0, 0.1) is 10.1 Å². The number of rotatable bonds is 3. The Morgan fingerprint density at radius 2 is 2.00 bits per heavy atom. The molecule has 0 fully saturated rings. The molecule has 1 aromatic carbocycles. The minimum Gasteiger partial charge on any atom is -0.401 e. The first kappa shape index (κ1) is 13.0. The summed E-state index contributed by atoms with van der Waals surface area (Å²) in [4.78, 5) is 26.0. The summed E-state index contributed by atoms with van der Waals surface area (Å²) < 4.78 is 5.24. The smallest absolute Gasteiger partial charge is 0.401 e. The van der Waals surface area contributed by atoms with Crippen LogP contribution in [0.3, 0.4) is 0 Å². The minimum absolute atomic E-state index is 0.178. The van der Waals surface area contributed by atoms with Gasteiger partial charge in [0, 0.05) is 17.9 Å². The maximum Gasteiger partial charge on any atom is 0.433 e. The number of hydrogen-bond acceptors (Lipinski definition) is 5. The van der Waals surface area contributed by atoms with Gasteiger partial charge in [-0.05, 0) is 18.2 Å². The summed E-state index contributed by atoms with van der Waals surface area (Å²) in [5.41, 5.74) is 1.54. The van der Waals surface area contributed by atoms with E-state index in [1.807, 2.05) is 18.2 Å². The van der Waals surface area contributed by atoms with Crippen molar-refractivity contribution >= 4 is 22.6 Å². The zero-order valence-electron chi connectivity index (χ0n) is 11.1. The molecule has 0 saturated heterocycles. The molecule has 0 unspecified atom stereocenters. The van der Waals surface area contributed by atoms with Gasteiger partial charge in [0.1, 0.15) is 16.4 Å². The van der Waals surface area contributed by atoms with E-state index in [9.17, 15) is 14.9 Å². The van der Waals surface area contributed by atoms with Crippen molar-refractivity contribution in [1.29, 1.82) is 0 Å². The Morgan fingerprint density at radius 1 is 1.24 bits per heavy atom. The largest absolute Gasteiger partial charge is 0.433 e. The summed E-state index contributed by atoms with van der Waals surface area (Å²) in [5, 5.41) is 11.5. The third-order valence-electron chi connectivity index (χ3n) is 3.11. The molecular weight excluding hydrogens is 272 g/mol. The van der Waals surface area contributed by atoms with Crippen LogP contribution in [-0.4, -0.2) is 15.7 Å². The van der Waals surface area contributed by atoms with E-state index in [0.717, 1.165) is 5.39 Å². The second-order valence-corrected chi connectivity index (χ2v) is 4.52. The van der Waals surface area contributed by atoms with Crippen molar-refractivity contribution in [3.63, 3.8) is 0 Å². The molecule has 2 aromatic heterocycles. The predicted octanol–water partition coefficient (Wildman–Crippen LogP) is 3.61. The average molecular weight is 282 g/mol. The fourth-order valence-corrected chi connectivity index (χ4v) is 2.13. The Balaban J connectivity index is 2.28. The average Bonchev–Trinajstić information content (AvgIpc) is 2.96. The molecule has 0 bridgehead atoms. The summed E-state index contributed by atoms with van der Waals surface area (Å²) in [5.74, 6) is -0.180. The molecule has 104 valence electrons. The Morgan fingerprint density at radius 3 is 2.67 bits per heavy atom. The number of benzene rings is 1. The maximum absolute atomic E-state index is 11.6. The van der Waals surface area contributed by atoms with E-state index in [1.54, 1.807) is 12.1 Å². The third kappa shape index (κ3) is 2.27. The highest BCUT2D eigenvalue weighted by molar-refractivity contribution is 6.00. The van der Waals surface area contributed by atoms with Crippen molar-refractivity contribution in [3.05, 3.63) is 58.3 Å². The zero-order chi connectivity index (χ0) is 15.0. The number of carbonyl (C=O) groups excluding carboxylic acids is 1. The lowest BCUT2D eigenvalue weighted by molar-refractivity contribution is -0.401. The van der Waals surface area contributed by atoms with E-state index in [-0.39, 0.29) is 11.7 Å². The molecular formula is C15H10N2O4. The number of nitrogens with zero attached hydrogens (tertiary/aromatic N) is 2. The second kappa shape index (κ2) is 4.82. The minimum atomic E-state index is -0.598. The lowest BCUT2D eigenvalue weighted by atomic mass is 10.0. The first-order valence-corrected chi connectivity index (χ1v) is 6.21. The number of nitro groups is 1. The van der Waals surface area contributed by atoms with Gasteiger partial charge in [-0.15, -0.1) is 0 Å². The van der Waals surface area contributed by atoms with E-state index in [2.05, 4.69) is 4.98 Å². The summed E-state index contributed by atoms with van der Waals surface area (Å²) >= 11 is 0. The quantitative estimate of drug-likeness (QED) is 0.416. The van der Waals surface area contributed by atoms with E-state index in [4.69, 9.17) is 4.42 Å². The number of para-hydroxylation sites is 1. The first-order chi connectivity index (χ1) is 10.1. The summed E-state index contributed by atoms with van der Waals surface area (Å²) in [7, 11) is 0. The molecule has 6 nitrogen and oxygen atoms in total. The standard InChI is InChI=1S/C15H10N2O4/c1-9(18)13-8-11(10-4-2-3-5-12(10)16-13)14-6-7-15(21-14)17(19)20/h2-8H,1H3. The van der Waals surface area contributed by atoms with Crippen LogP contribution in [0.25, 0.3) is 22.2 Å². The molecule has 0 aliphatic carbocycles. The van der Waals surface area contributed by atoms with Gasteiger partial charge in [-0.1, -0.05) is 18.2 Å². The molecule has 0 atom stereocenters. The van der Waals surface area contributed by atoms with Crippen molar-refractivity contribution in [2.75, 3.05) is 0 Å². The SMILES string of the molecule is CC(=O)c1cc(-c2ccc([N+](=O)[O-])o2)c2ccccc2n1. The molecule has 0 aliphatic heterocycles. The van der Waals surface area contributed by atoms with Gasteiger partial charge in [-0.2, -0.15) is 0 Å². The van der Waals surface area contributed by atoms with Crippen LogP contribution in [0.2, 0.25) is 0 Å². The van der Waals surface area contributed by atoms with Crippen molar-refractivity contribution in [2.45, 2.75) is 6.92 Å². The molecule has 0 N–H and O–H groups in total. The van der Waals surface area contributed by atoms with Crippen LogP contribution in [-0.2, 0) is 0 Å². The molecule has 0 radical (unpaired) electrons. The Hall–Kier alpha value is -3.02. The van der Waals surface area contributed by atoms with Crippen molar-refractivity contribution in [3.8, 4) is 11.3 Å². The molecule has 0 amide bonds. The molecule has 0 spiro atoms. The van der Waals surface area contributed by atoms with E-state index in [1.165, 1.54) is 19.1 Å². The number of pyridine rings is 1. The highest BCUT2D eigenvalue weighted by atomic mass is 16.6. The first-order valence-electron chi connectivity index (χ1n) is 6.21. The fraction of sp³-hybridized carbons (Fsp3) is 0.0667. The molecule has 0 saturated carbocycles. The van der Waals surface area contributed by atoms with Gasteiger partial charge in [0.15, 0.2) is 5.78 Å². The zero-order valence-corrected chi connectivity index (χ0v) is 11.1. The van der Waals surface area contributed by atoms with Gasteiger partial charge in [-0.3, -0.25) is 14.9 Å². The molecule has 21 heavy (non-hydrogen) atoms. The summed E-state index contributed by atoms with van der Waals surface area (Å²) in [6, 6.07) is 11.7. The number of furan rings is 1. The van der Waals surface area contributed by atoms with Gasteiger partial charge in [0.25, 0.3) is 0 Å². The third-order valence-corrected chi connectivity index (χ3v) is 3.11. The van der Waals surface area contributed by atoms with Crippen LogP contribution in [0.1, 0.15) is 17.4 Å². The lowest BCUT2D eigenvalue weighted by Crippen LogP contribution is -1.98. The predicted molar refractivity (Wildman–Crippen MR) is 76.1 cm³/mol. The Labute approximate surface area is 119 Å². The summed E-state index contributed by atoms with van der Waals surface area (Å²) in [6.07, 6.45) is 0. The van der Waals surface area contributed by atoms with Gasteiger partial charge in [-0.25, -0.2) is 4.98 Å². The van der Waals surface area contributed by atoms with Gasteiger partial charge in [0.05, 0.1) is 11.6 Å². The molecule has 6 heteroatoms. The molecule has 0 aliphatic rings. The molecule has 3 aromatic rings. The van der Waals surface area contributed by atoms with Gasteiger partial charge < -0.3 is 4.42 Å². The number of ketones is 1. The molecule has 2 heterocycles. The maximum atomic E-state index is 11.6. The topological polar surface area (TPSA) is 86.2 Å². The Kier molecular flexibility index (Phi) is 2.98. The Bertz CT molecular complexity index is 867. The van der Waals surface area contributed by atoms with Crippen LogP contribution in [0.15, 0.2) is 46.9 Å². The normalized spacial score (nSPS) is 10.7. The van der Waals surface area contributed by atoms with Crippen molar-refractivity contribution in [1.82, 2.24) is 4.98 Å². The van der Waals surface area contributed by atoms with E-state index >= 15 is 0 Å². The van der Waals surface area contributed by atoms with Gasteiger partial charge in [0.2, 0.25) is 0 Å².